The quantitative estimate of drug-likeness (QED) is 0.690. The molecule has 0 aliphatic rings. The minimum atomic E-state index is 0.844. The Morgan fingerprint density at radius 3 is 1.67 bits per heavy atom. The van der Waals surface area contributed by atoms with E-state index in [2.05, 4.69) is 18.4 Å². The lowest BCUT2D eigenvalue weighted by molar-refractivity contribution is 0.415. The Bertz CT molecular complexity index is 622. The van der Waals surface area contributed by atoms with Gasteiger partial charge in [0.05, 0.1) is 7.11 Å². The number of hydrogen-bond donors (Lipinski definition) is 0. The number of hydrogen-bond acceptors (Lipinski definition) is 1. The van der Waals surface area contributed by atoms with Crippen LogP contribution in [0.3, 0.4) is 0 Å². The summed E-state index contributed by atoms with van der Waals surface area (Å²) in [6, 6.07) is 15.8. The van der Waals surface area contributed by atoms with Crippen LogP contribution in [0.5, 0.6) is 5.75 Å². The summed E-state index contributed by atoms with van der Waals surface area (Å²) in [7, 11) is 1.66. The van der Waals surface area contributed by atoms with E-state index in [4.69, 9.17) is 4.74 Å². The zero-order valence-corrected chi connectivity index (χ0v) is 13.2. The Kier molecular flexibility index (Phi) is 6.84. The van der Waals surface area contributed by atoms with Crippen molar-refractivity contribution in [2.45, 2.75) is 20.8 Å². The molecule has 1 heteroatoms. The molecule has 0 amide bonds. The van der Waals surface area contributed by atoms with Crippen LogP contribution >= 0.6 is 0 Å². The molecule has 2 aromatic rings. The average Bonchev–Trinajstić information content (AvgIpc) is 2.55. The van der Waals surface area contributed by atoms with E-state index in [0.29, 0.717) is 0 Å². The van der Waals surface area contributed by atoms with Crippen LogP contribution in [0.4, 0.5) is 0 Å². The highest BCUT2D eigenvalue weighted by Crippen LogP contribution is 2.13. The van der Waals surface area contributed by atoms with Gasteiger partial charge in [0.2, 0.25) is 0 Å². The maximum Gasteiger partial charge on any atom is 0.118 e. The summed E-state index contributed by atoms with van der Waals surface area (Å²) < 4.78 is 5.11. The summed E-state index contributed by atoms with van der Waals surface area (Å²) in [5.74, 6) is 7.12. The first kappa shape index (κ1) is 16.6. The van der Waals surface area contributed by atoms with Gasteiger partial charge in [-0.3, -0.25) is 0 Å². The van der Waals surface area contributed by atoms with Gasteiger partial charge >= 0.3 is 0 Å². The molecule has 108 valence electrons. The van der Waals surface area contributed by atoms with Crippen LogP contribution in [-0.2, 0) is 0 Å². The number of ether oxygens (including phenoxy) is 1. The van der Waals surface area contributed by atoms with Crippen molar-refractivity contribution < 1.29 is 4.74 Å². The van der Waals surface area contributed by atoms with Gasteiger partial charge in [0.25, 0.3) is 0 Å². The van der Waals surface area contributed by atoms with Crippen LogP contribution in [0.15, 0.2) is 55.1 Å². The van der Waals surface area contributed by atoms with Gasteiger partial charge in [-0.25, -0.2) is 0 Å². The van der Waals surface area contributed by atoms with E-state index in [0.717, 1.165) is 28.0 Å². The Balaban J connectivity index is 0.00000106. The van der Waals surface area contributed by atoms with E-state index in [1.807, 2.05) is 69.3 Å². The first-order valence-corrected chi connectivity index (χ1v) is 7.11. The predicted molar refractivity (Wildman–Crippen MR) is 91.5 cm³/mol. The highest BCUT2D eigenvalue weighted by Gasteiger charge is 1.93. The molecule has 2 rings (SSSR count). The Labute approximate surface area is 128 Å². The summed E-state index contributed by atoms with van der Waals surface area (Å²) in [4.78, 5) is 0. The summed E-state index contributed by atoms with van der Waals surface area (Å²) in [6.45, 7) is 9.92. The van der Waals surface area contributed by atoms with Gasteiger partial charge in [-0.2, -0.15) is 0 Å². The van der Waals surface area contributed by atoms with Crippen LogP contribution in [0, 0.1) is 11.8 Å². The van der Waals surface area contributed by atoms with Crippen LogP contribution < -0.4 is 4.74 Å². The summed E-state index contributed by atoms with van der Waals surface area (Å²) in [5.41, 5.74) is 4.19. The monoisotopic (exact) mass is 278 g/mol. The lowest BCUT2D eigenvalue weighted by Crippen LogP contribution is -1.82. The Morgan fingerprint density at radius 1 is 0.857 bits per heavy atom. The molecule has 0 N–H and O–H groups in total. The van der Waals surface area contributed by atoms with Gasteiger partial charge in [0.1, 0.15) is 5.75 Å². The molecule has 0 atom stereocenters. The van der Waals surface area contributed by atoms with Crippen molar-refractivity contribution in [2.75, 3.05) is 7.11 Å². The molecular weight excluding hydrogens is 256 g/mol. The molecule has 0 fully saturated rings. The smallest absolute Gasteiger partial charge is 0.118 e. The van der Waals surface area contributed by atoms with Crippen molar-refractivity contribution >= 4 is 5.57 Å². The molecule has 0 aromatic heterocycles. The standard InChI is InChI=1S/C18H16O.C2H6/c1-14(2)17-10-6-15(7-11-17)4-5-16-8-12-18(19-3)13-9-16;1-2/h6-13H,1H2,2-3H3;1-2H3. The number of benzene rings is 2. The van der Waals surface area contributed by atoms with Gasteiger partial charge in [0.15, 0.2) is 0 Å². The minimum absolute atomic E-state index is 0.844. The zero-order chi connectivity index (χ0) is 15.7. The molecule has 0 aliphatic carbocycles. The van der Waals surface area contributed by atoms with Gasteiger partial charge in [-0.05, 0) is 48.9 Å². The SMILES string of the molecule is C=C(C)c1ccc(C#Cc2ccc(OC)cc2)cc1.CC. The zero-order valence-electron chi connectivity index (χ0n) is 13.2. The largest absolute Gasteiger partial charge is 0.497 e. The van der Waals surface area contributed by atoms with E-state index in [-0.39, 0.29) is 0 Å². The second kappa shape index (κ2) is 8.66. The van der Waals surface area contributed by atoms with E-state index in [9.17, 15) is 0 Å². The lowest BCUT2D eigenvalue weighted by Gasteiger charge is -1.99. The number of methoxy groups -OCH3 is 1. The molecule has 0 heterocycles. The lowest BCUT2D eigenvalue weighted by atomic mass is 10.1. The highest BCUT2D eigenvalue weighted by molar-refractivity contribution is 5.62. The summed E-state index contributed by atoms with van der Waals surface area (Å²) >= 11 is 0. The molecule has 0 unspecified atom stereocenters. The molecule has 0 radical (unpaired) electrons. The molecule has 21 heavy (non-hydrogen) atoms. The molecule has 0 spiro atoms. The van der Waals surface area contributed by atoms with Crippen molar-refractivity contribution in [1.82, 2.24) is 0 Å². The molecule has 0 bridgehead atoms. The van der Waals surface area contributed by atoms with Crippen LogP contribution in [0.2, 0.25) is 0 Å². The maximum atomic E-state index is 5.11. The summed E-state index contributed by atoms with van der Waals surface area (Å²) in [6.07, 6.45) is 0. The highest BCUT2D eigenvalue weighted by atomic mass is 16.5. The van der Waals surface area contributed by atoms with Crippen LogP contribution in [0.1, 0.15) is 37.5 Å². The second-order valence-electron chi connectivity index (χ2n) is 4.34. The van der Waals surface area contributed by atoms with E-state index >= 15 is 0 Å². The molecule has 0 saturated carbocycles. The topological polar surface area (TPSA) is 9.23 Å². The molecule has 0 aliphatic heterocycles. The third-order valence-electron chi connectivity index (χ3n) is 2.82. The normalized spacial score (nSPS) is 8.76. The number of allylic oxidation sites excluding steroid dienone is 1. The third-order valence-corrected chi connectivity index (χ3v) is 2.82. The van der Waals surface area contributed by atoms with Gasteiger partial charge < -0.3 is 4.74 Å². The molecular formula is C20H22O. The fourth-order valence-electron chi connectivity index (χ4n) is 1.66. The first-order chi connectivity index (χ1) is 10.2. The van der Waals surface area contributed by atoms with Gasteiger partial charge in [0, 0.05) is 11.1 Å². The van der Waals surface area contributed by atoms with Gasteiger partial charge in [-0.15, -0.1) is 0 Å². The Hall–Kier alpha value is -2.46. The minimum Gasteiger partial charge on any atom is -0.497 e. The van der Waals surface area contributed by atoms with Crippen molar-refractivity contribution in [3.63, 3.8) is 0 Å². The fourth-order valence-corrected chi connectivity index (χ4v) is 1.66. The predicted octanol–water partition coefficient (Wildman–Crippen LogP) is 5.15. The van der Waals surface area contributed by atoms with Crippen LogP contribution in [-0.4, -0.2) is 7.11 Å². The van der Waals surface area contributed by atoms with E-state index in [1.54, 1.807) is 7.11 Å². The maximum absolute atomic E-state index is 5.11. The third kappa shape index (κ3) is 5.20. The molecule has 1 nitrogen and oxygen atoms in total. The average molecular weight is 278 g/mol. The molecule has 2 aromatic carbocycles. The van der Waals surface area contributed by atoms with Crippen molar-refractivity contribution in [3.05, 3.63) is 71.8 Å². The van der Waals surface area contributed by atoms with Crippen LogP contribution in [0.25, 0.3) is 5.57 Å². The van der Waals surface area contributed by atoms with E-state index < -0.39 is 0 Å². The Morgan fingerprint density at radius 2 is 1.29 bits per heavy atom. The van der Waals surface area contributed by atoms with Crippen molar-refractivity contribution in [2.24, 2.45) is 0 Å². The van der Waals surface area contributed by atoms with Gasteiger partial charge in [-0.1, -0.05) is 50.0 Å². The second-order valence-corrected chi connectivity index (χ2v) is 4.34. The number of rotatable bonds is 2. The first-order valence-electron chi connectivity index (χ1n) is 7.11. The van der Waals surface area contributed by atoms with Crippen molar-refractivity contribution in [3.8, 4) is 17.6 Å². The van der Waals surface area contributed by atoms with Crippen molar-refractivity contribution in [1.29, 1.82) is 0 Å². The summed E-state index contributed by atoms with van der Waals surface area (Å²) in [5, 5.41) is 0. The fraction of sp³-hybridized carbons (Fsp3) is 0.200. The van der Waals surface area contributed by atoms with E-state index in [1.165, 1.54) is 0 Å². The molecule has 0 saturated heterocycles.